The highest BCUT2D eigenvalue weighted by molar-refractivity contribution is 5.74. The van der Waals surface area contributed by atoms with Crippen LogP contribution in [0.1, 0.15) is 37.8 Å². The number of anilines is 1. The van der Waals surface area contributed by atoms with Crippen LogP contribution >= 0.6 is 0 Å². The fourth-order valence-corrected chi connectivity index (χ4v) is 3.47. The summed E-state index contributed by atoms with van der Waals surface area (Å²) in [5, 5.41) is 0. The number of carbonyl (C=O) groups is 1. The summed E-state index contributed by atoms with van der Waals surface area (Å²) in [5.74, 6) is 1.23. The molecular weight excluding hydrogens is 276 g/mol. The SMILES string of the molecule is CC(=O)N1CCCCC1c1ccc(N2CCN(C)CC2)nc1. The van der Waals surface area contributed by atoms with Crippen molar-refractivity contribution in [3.63, 3.8) is 0 Å². The molecule has 2 aliphatic rings. The summed E-state index contributed by atoms with van der Waals surface area (Å²) in [6, 6.07) is 4.49. The van der Waals surface area contributed by atoms with Gasteiger partial charge in [0.2, 0.25) is 5.91 Å². The maximum Gasteiger partial charge on any atom is 0.219 e. The quantitative estimate of drug-likeness (QED) is 0.836. The van der Waals surface area contributed by atoms with Crippen molar-refractivity contribution in [2.45, 2.75) is 32.2 Å². The average molecular weight is 302 g/mol. The largest absolute Gasteiger partial charge is 0.354 e. The molecule has 1 atom stereocenters. The van der Waals surface area contributed by atoms with Crippen molar-refractivity contribution in [3.8, 4) is 0 Å². The van der Waals surface area contributed by atoms with Gasteiger partial charge < -0.3 is 14.7 Å². The molecule has 0 aromatic carbocycles. The van der Waals surface area contributed by atoms with E-state index in [4.69, 9.17) is 0 Å². The number of pyridine rings is 1. The van der Waals surface area contributed by atoms with Gasteiger partial charge >= 0.3 is 0 Å². The zero-order chi connectivity index (χ0) is 15.5. The first kappa shape index (κ1) is 15.3. The van der Waals surface area contributed by atoms with Crippen LogP contribution in [-0.4, -0.2) is 60.5 Å². The van der Waals surface area contributed by atoms with Gasteiger partial charge in [-0.25, -0.2) is 4.98 Å². The highest BCUT2D eigenvalue weighted by atomic mass is 16.2. The highest BCUT2D eigenvalue weighted by Crippen LogP contribution is 2.31. The van der Waals surface area contributed by atoms with Gasteiger partial charge in [-0.2, -0.15) is 0 Å². The summed E-state index contributed by atoms with van der Waals surface area (Å²) in [6.07, 6.45) is 5.33. The lowest BCUT2D eigenvalue weighted by atomic mass is 9.96. The Labute approximate surface area is 132 Å². The third-order valence-electron chi connectivity index (χ3n) is 4.89. The molecule has 3 heterocycles. The number of aromatic nitrogens is 1. The first-order valence-electron chi connectivity index (χ1n) is 8.32. The first-order chi connectivity index (χ1) is 10.6. The van der Waals surface area contributed by atoms with Crippen LogP contribution in [0, 0.1) is 0 Å². The first-order valence-corrected chi connectivity index (χ1v) is 8.32. The average Bonchev–Trinajstić information content (AvgIpc) is 2.56. The molecule has 1 aromatic heterocycles. The minimum atomic E-state index is 0.174. The smallest absolute Gasteiger partial charge is 0.219 e. The molecule has 2 aliphatic heterocycles. The molecule has 0 N–H and O–H groups in total. The lowest BCUT2D eigenvalue weighted by molar-refractivity contribution is -0.132. The summed E-state index contributed by atoms with van der Waals surface area (Å²) < 4.78 is 0. The Hall–Kier alpha value is -1.62. The van der Waals surface area contributed by atoms with Gasteiger partial charge in [0.15, 0.2) is 0 Å². The number of likely N-dealkylation sites (N-methyl/N-ethyl adjacent to an activating group) is 1. The van der Waals surface area contributed by atoms with Crippen molar-refractivity contribution < 1.29 is 4.79 Å². The molecule has 1 unspecified atom stereocenters. The van der Waals surface area contributed by atoms with Crippen LogP contribution in [0.25, 0.3) is 0 Å². The van der Waals surface area contributed by atoms with Gasteiger partial charge in [0.05, 0.1) is 6.04 Å². The molecule has 2 saturated heterocycles. The van der Waals surface area contributed by atoms with Gasteiger partial charge in [-0.3, -0.25) is 4.79 Å². The maximum absolute atomic E-state index is 11.8. The van der Waals surface area contributed by atoms with E-state index in [9.17, 15) is 4.79 Å². The second-order valence-corrected chi connectivity index (χ2v) is 6.46. The molecule has 22 heavy (non-hydrogen) atoms. The fraction of sp³-hybridized carbons (Fsp3) is 0.647. The van der Waals surface area contributed by atoms with Crippen molar-refractivity contribution in [1.82, 2.24) is 14.8 Å². The lowest BCUT2D eigenvalue weighted by Crippen LogP contribution is -2.44. The predicted molar refractivity (Wildman–Crippen MR) is 87.9 cm³/mol. The molecule has 1 aromatic rings. The van der Waals surface area contributed by atoms with Crippen LogP contribution in [-0.2, 0) is 4.79 Å². The number of piperidine rings is 1. The van der Waals surface area contributed by atoms with Crippen LogP contribution in [0.2, 0.25) is 0 Å². The van der Waals surface area contributed by atoms with Gasteiger partial charge in [0.25, 0.3) is 0 Å². The Kier molecular flexibility index (Phi) is 4.62. The number of carbonyl (C=O) groups excluding carboxylic acids is 1. The van der Waals surface area contributed by atoms with Gasteiger partial charge in [-0.1, -0.05) is 6.07 Å². The van der Waals surface area contributed by atoms with Crippen molar-refractivity contribution in [2.24, 2.45) is 0 Å². The van der Waals surface area contributed by atoms with Crippen molar-refractivity contribution in [3.05, 3.63) is 23.9 Å². The molecule has 1 amide bonds. The second kappa shape index (κ2) is 6.65. The third-order valence-corrected chi connectivity index (χ3v) is 4.89. The van der Waals surface area contributed by atoms with E-state index in [1.165, 1.54) is 12.0 Å². The molecule has 3 rings (SSSR count). The van der Waals surface area contributed by atoms with E-state index < -0.39 is 0 Å². The number of nitrogens with zero attached hydrogens (tertiary/aromatic N) is 4. The predicted octanol–water partition coefficient (Wildman–Crippen LogP) is 1.91. The van der Waals surface area contributed by atoms with E-state index in [0.717, 1.165) is 51.4 Å². The molecule has 0 radical (unpaired) electrons. The number of hydrogen-bond acceptors (Lipinski definition) is 4. The maximum atomic E-state index is 11.8. The van der Waals surface area contributed by atoms with E-state index in [1.54, 1.807) is 6.92 Å². The molecule has 0 aliphatic carbocycles. The number of amides is 1. The summed E-state index contributed by atoms with van der Waals surface area (Å²) in [4.78, 5) is 23.2. The molecule has 0 saturated carbocycles. The number of hydrogen-bond donors (Lipinski definition) is 0. The second-order valence-electron chi connectivity index (χ2n) is 6.46. The Morgan fingerprint density at radius 1 is 1.14 bits per heavy atom. The zero-order valence-electron chi connectivity index (χ0n) is 13.7. The molecular formula is C17H26N4O. The van der Waals surface area contributed by atoms with Crippen LogP contribution in [0.15, 0.2) is 18.3 Å². The van der Waals surface area contributed by atoms with E-state index in [2.05, 4.69) is 34.0 Å². The van der Waals surface area contributed by atoms with Crippen molar-refractivity contribution in [1.29, 1.82) is 0 Å². The molecule has 0 spiro atoms. The molecule has 0 bridgehead atoms. The number of piperazine rings is 1. The monoisotopic (exact) mass is 302 g/mol. The Morgan fingerprint density at radius 3 is 2.55 bits per heavy atom. The molecule has 5 nitrogen and oxygen atoms in total. The standard InChI is InChI=1S/C17H26N4O/c1-14(22)21-8-4-3-5-16(21)15-6-7-17(18-13-15)20-11-9-19(2)10-12-20/h6-7,13,16H,3-5,8-12H2,1-2H3. The summed E-state index contributed by atoms with van der Waals surface area (Å²) in [6.45, 7) is 6.79. The highest BCUT2D eigenvalue weighted by Gasteiger charge is 2.26. The Bertz CT molecular complexity index is 508. The molecule has 5 heteroatoms. The molecule has 2 fully saturated rings. The van der Waals surface area contributed by atoms with E-state index in [-0.39, 0.29) is 11.9 Å². The fourth-order valence-electron chi connectivity index (χ4n) is 3.47. The summed E-state index contributed by atoms with van der Waals surface area (Å²) >= 11 is 0. The zero-order valence-corrected chi connectivity index (χ0v) is 13.7. The van der Waals surface area contributed by atoms with Gasteiger partial charge in [0, 0.05) is 45.8 Å². The van der Waals surface area contributed by atoms with E-state index in [0.29, 0.717) is 0 Å². The van der Waals surface area contributed by atoms with E-state index in [1.807, 2.05) is 11.1 Å². The lowest BCUT2D eigenvalue weighted by Gasteiger charge is -2.36. The van der Waals surface area contributed by atoms with Gasteiger partial charge in [-0.05, 0) is 37.9 Å². The van der Waals surface area contributed by atoms with Crippen LogP contribution < -0.4 is 4.90 Å². The normalized spacial score (nSPS) is 23.6. The number of rotatable bonds is 2. The van der Waals surface area contributed by atoms with Crippen LogP contribution in [0.4, 0.5) is 5.82 Å². The van der Waals surface area contributed by atoms with Crippen LogP contribution in [0.5, 0.6) is 0 Å². The third kappa shape index (κ3) is 3.24. The molecule has 120 valence electrons. The topological polar surface area (TPSA) is 39.7 Å². The van der Waals surface area contributed by atoms with Crippen molar-refractivity contribution in [2.75, 3.05) is 44.7 Å². The van der Waals surface area contributed by atoms with Crippen molar-refractivity contribution >= 4 is 11.7 Å². The summed E-state index contributed by atoms with van der Waals surface area (Å²) in [7, 11) is 2.16. The minimum absolute atomic E-state index is 0.174. The minimum Gasteiger partial charge on any atom is -0.354 e. The number of likely N-dealkylation sites (tertiary alicyclic amines) is 1. The summed E-state index contributed by atoms with van der Waals surface area (Å²) in [5.41, 5.74) is 1.17. The van der Waals surface area contributed by atoms with E-state index >= 15 is 0 Å². The van der Waals surface area contributed by atoms with Gasteiger partial charge in [0.1, 0.15) is 5.82 Å². The van der Waals surface area contributed by atoms with Gasteiger partial charge in [-0.15, -0.1) is 0 Å². The Balaban J connectivity index is 1.71. The van der Waals surface area contributed by atoms with Crippen LogP contribution in [0.3, 0.4) is 0 Å². The Morgan fingerprint density at radius 2 is 1.91 bits per heavy atom.